The Morgan fingerprint density at radius 2 is 1.58 bits per heavy atom. The SMILES string of the molecule is C/C=C/COC(=O)CC(C(=O)OCCCCCCCCCC)S(=O)(=O)O. The molecule has 0 aromatic carbocycles. The molecule has 0 saturated carbocycles. The molecule has 1 N–H and O–H groups in total. The summed E-state index contributed by atoms with van der Waals surface area (Å²) < 4.78 is 41.5. The third kappa shape index (κ3) is 12.9. The van der Waals surface area contributed by atoms with E-state index in [1.807, 2.05) is 0 Å². The van der Waals surface area contributed by atoms with Gasteiger partial charge in [0.15, 0.2) is 5.25 Å². The van der Waals surface area contributed by atoms with Crippen molar-refractivity contribution in [2.75, 3.05) is 13.2 Å². The minimum absolute atomic E-state index is 0.0270. The van der Waals surface area contributed by atoms with Crippen LogP contribution in [0.5, 0.6) is 0 Å². The molecule has 0 amide bonds. The van der Waals surface area contributed by atoms with E-state index < -0.39 is 33.7 Å². The highest BCUT2D eigenvalue weighted by molar-refractivity contribution is 7.87. The first-order chi connectivity index (χ1) is 12.3. The highest BCUT2D eigenvalue weighted by Gasteiger charge is 2.35. The second-order valence-electron chi connectivity index (χ2n) is 6.10. The number of rotatable bonds is 15. The van der Waals surface area contributed by atoms with E-state index in [9.17, 15) is 18.0 Å². The van der Waals surface area contributed by atoms with Crippen molar-refractivity contribution in [1.29, 1.82) is 0 Å². The average Bonchev–Trinajstić information content (AvgIpc) is 2.57. The van der Waals surface area contributed by atoms with Crippen LogP contribution in [0.25, 0.3) is 0 Å². The molecule has 0 aliphatic carbocycles. The van der Waals surface area contributed by atoms with Crippen molar-refractivity contribution in [3.8, 4) is 0 Å². The molecule has 0 aromatic rings. The van der Waals surface area contributed by atoms with Crippen molar-refractivity contribution in [3.63, 3.8) is 0 Å². The van der Waals surface area contributed by atoms with E-state index in [2.05, 4.69) is 6.92 Å². The van der Waals surface area contributed by atoms with E-state index in [4.69, 9.17) is 14.0 Å². The molecular formula is C18H32O7S. The summed E-state index contributed by atoms with van der Waals surface area (Å²) in [6.45, 7) is 3.93. The van der Waals surface area contributed by atoms with Crippen LogP contribution in [0.2, 0.25) is 0 Å². The molecule has 0 bridgehead atoms. The molecule has 0 spiro atoms. The van der Waals surface area contributed by atoms with Crippen LogP contribution >= 0.6 is 0 Å². The van der Waals surface area contributed by atoms with Gasteiger partial charge in [0.2, 0.25) is 0 Å². The lowest BCUT2D eigenvalue weighted by molar-refractivity contribution is -0.149. The maximum Gasteiger partial charge on any atom is 0.327 e. The molecular weight excluding hydrogens is 360 g/mol. The minimum Gasteiger partial charge on any atom is -0.465 e. The maximum absolute atomic E-state index is 11.9. The molecule has 0 heterocycles. The van der Waals surface area contributed by atoms with Crippen LogP contribution < -0.4 is 0 Å². The number of unbranched alkanes of at least 4 members (excludes halogenated alkanes) is 7. The Morgan fingerprint density at radius 1 is 1.00 bits per heavy atom. The van der Waals surface area contributed by atoms with Crippen LogP contribution in [0, 0.1) is 0 Å². The average molecular weight is 393 g/mol. The van der Waals surface area contributed by atoms with Crippen molar-refractivity contribution >= 4 is 22.1 Å². The van der Waals surface area contributed by atoms with E-state index in [0.29, 0.717) is 6.42 Å². The monoisotopic (exact) mass is 392 g/mol. The smallest absolute Gasteiger partial charge is 0.327 e. The number of hydrogen-bond acceptors (Lipinski definition) is 6. The molecule has 0 saturated heterocycles. The van der Waals surface area contributed by atoms with Crippen LogP contribution in [0.3, 0.4) is 0 Å². The van der Waals surface area contributed by atoms with E-state index in [1.54, 1.807) is 19.1 Å². The van der Waals surface area contributed by atoms with Gasteiger partial charge >= 0.3 is 11.9 Å². The predicted octanol–water partition coefficient (Wildman–Crippen LogP) is 3.44. The molecule has 152 valence electrons. The highest BCUT2D eigenvalue weighted by Crippen LogP contribution is 2.11. The van der Waals surface area contributed by atoms with Gasteiger partial charge in [-0.2, -0.15) is 8.42 Å². The van der Waals surface area contributed by atoms with Crippen LogP contribution in [0.1, 0.15) is 71.6 Å². The van der Waals surface area contributed by atoms with Gasteiger partial charge < -0.3 is 9.47 Å². The number of carbonyl (C=O) groups is 2. The van der Waals surface area contributed by atoms with Crippen LogP contribution in [-0.4, -0.2) is 43.4 Å². The zero-order valence-corrected chi connectivity index (χ0v) is 16.6. The maximum atomic E-state index is 11.9. The summed E-state index contributed by atoms with van der Waals surface area (Å²) in [5.74, 6) is -2.02. The van der Waals surface area contributed by atoms with Gasteiger partial charge in [-0.1, -0.05) is 64.0 Å². The Labute approximate surface area is 156 Å². The van der Waals surface area contributed by atoms with Gasteiger partial charge in [-0.25, -0.2) is 0 Å². The molecule has 1 atom stereocenters. The number of esters is 2. The molecule has 1 unspecified atom stereocenters. The second kappa shape index (κ2) is 14.7. The zero-order chi connectivity index (χ0) is 19.8. The van der Waals surface area contributed by atoms with E-state index >= 15 is 0 Å². The normalized spacial score (nSPS) is 12.9. The Hall–Kier alpha value is -1.41. The van der Waals surface area contributed by atoms with Crippen molar-refractivity contribution in [2.24, 2.45) is 0 Å². The molecule has 0 aliphatic rings. The molecule has 26 heavy (non-hydrogen) atoms. The van der Waals surface area contributed by atoms with Crippen molar-refractivity contribution < 1.29 is 32.0 Å². The van der Waals surface area contributed by atoms with Crippen LogP contribution in [-0.2, 0) is 29.2 Å². The van der Waals surface area contributed by atoms with E-state index in [0.717, 1.165) is 19.3 Å². The number of hydrogen-bond donors (Lipinski definition) is 1. The standard InChI is InChI=1S/C18H32O7S/c1-3-5-7-8-9-10-11-12-14-25-18(20)16(26(21,22)23)15-17(19)24-13-6-4-2/h4,6,16H,3,5,7-15H2,1-2H3,(H,21,22,23)/b6-4+. The van der Waals surface area contributed by atoms with Gasteiger partial charge in [0.05, 0.1) is 13.0 Å². The van der Waals surface area contributed by atoms with Crippen molar-refractivity contribution in [2.45, 2.75) is 76.9 Å². The topological polar surface area (TPSA) is 107 Å². The summed E-state index contributed by atoms with van der Waals surface area (Å²) in [5.41, 5.74) is 0. The molecule has 0 aromatic heterocycles. The second-order valence-corrected chi connectivity index (χ2v) is 7.70. The van der Waals surface area contributed by atoms with Crippen LogP contribution in [0.4, 0.5) is 0 Å². The van der Waals surface area contributed by atoms with Gasteiger partial charge in [-0.05, 0) is 13.3 Å². The van der Waals surface area contributed by atoms with Gasteiger partial charge in [0.25, 0.3) is 10.1 Å². The summed E-state index contributed by atoms with van der Waals surface area (Å²) in [4.78, 5) is 23.4. The Morgan fingerprint density at radius 3 is 2.12 bits per heavy atom. The number of carbonyl (C=O) groups excluding carboxylic acids is 2. The first-order valence-electron chi connectivity index (χ1n) is 9.22. The van der Waals surface area contributed by atoms with Gasteiger partial charge in [-0.3, -0.25) is 14.1 Å². The Bertz CT molecular complexity index is 526. The summed E-state index contributed by atoms with van der Waals surface area (Å²) in [6, 6.07) is 0. The predicted molar refractivity (Wildman–Crippen MR) is 99.3 cm³/mol. The fourth-order valence-electron chi connectivity index (χ4n) is 2.26. The molecule has 7 nitrogen and oxygen atoms in total. The Balaban J connectivity index is 4.15. The summed E-state index contributed by atoms with van der Waals surface area (Å²) >= 11 is 0. The first-order valence-corrected chi connectivity index (χ1v) is 10.7. The zero-order valence-electron chi connectivity index (χ0n) is 15.8. The highest BCUT2D eigenvalue weighted by atomic mass is 32.2. The van der Waals surface area contributed by atoms with E-state index in [-0.39, 0.29) is 13.2 Å². The molecule has 0 aliphatic heterocycles. The summed E-state index contributed by atoms with van der Waals surface area (Å²) in [6.07, 6.45) is 10.9. The number of ether oxygens (including phenoxy) is 2. The third-order valence-corrected chi connectivity index (χ3v) is 4.87. The molecule has 8 heteroatoms. The summed E-state index contributed by atoms with van der Waals surface area (Å²) in [7, 11) is -4.74. The van der Waals surface area contributed by atoms with Gasteiger partial charge in [0.1, 0.15) is 6.61 Å². The Kier molecular flexibility index (Phi) is 13.9. The lowest BCUT2D eigenvalue weighted by Gasteiger charge is -2.12. The van der Waals surface area contributed by atoms with Crippen molar-refractivity contribution in [1.82, 2.24) is 0 Å². The van der Waals surface area contributed by atoms with Gasteiger partial charge in [0, 0.05) is 0 Å². The fourth-order valence-corrected chi connectivity index (χ4v) is 2.92. The van der Waals surface area contributed by atoms with Gasteiger partial charge in [-0.15, -0.1) is 0 Å². The molecule has 0 rings (SSSR count). The first kappa shape index (κ1) is 24.6. The third-order valence-electron chi connectivity index (χ3n) is 3.79. The molecule has 0 fully saturated rings. The van der Waals surface area contributed by atoms with Crippen LogP contribution in [0.15, 0.2) is 12.2 Å². The van der Waals surface area contributed by atoms with E-state index in [1.165, 1.54) is 25.7 Å². The quantitative estimate of drug-likeness (QED) is 0.197. The van der Waals surface area contributed by atoms with Crippen molar-refractivity contribution in [3.05, 3.63) is 12.2 Å². The summed E-state index contributed by atoms with van der Waals surface area (Å²) in [5, 5.41) is -1.95. The fraction of sp³-hybridized carbons (Fsp3) is 0.778. The lowest BCUT2D eigenvalue weighted by atomic mass is 10.1. The number of allylic oxidation sites excluding steroid dienone is 1. The largest absolute Gasteiger partial charge is 0.465 e. The lowest BCUT2D eigenvalue weighted by Crippen LogP contribution is -2.34. The molecule has 0 radical (unpaired) electrons. The minimum atomic E-state index is -4.74.